The number of halogens is 2. The van der Waals surface area contributed by atoms with Crippen LogP contribution in [0.1, 0.15) is 44.9 Å². The molecule has 5 nitrogen and oxygen atoms in total. The number of rotatable bonds is 2. The van der Waals surface area contributed by atoms with Crippen molar-refractivity contribution in [3.8, 4) is 0 Å². The van der Waals surface area contributed by atoms with E-state index in [9.17, 15) is 9.90 Å². The molecule has 3 aliphatic rings. The summed E-state index contributed by atoms with van der Waals surface area (Å²) in [4.78, 5) is 21.8. The first-order valence-electron chi connectivity index (χ1n) is 9.54. The topological polar surface area (TPSA) is 56.7 Å². The fraction of sp³-hybridized carbons (Fsp3) is 0.684. The number of aliphatic hydroxyl groups is 1. The van der Waals surface area contributed by atoms with E-state index in [0.29, 0.717) is 22.0 Å². The molecule has 0 unspecified atom stereocenters. The Morgan fingerprint density at radius 2 is 1.73 bits per heavy atom. The van der Waals surface area contributed by atoms with E-state index in [1.807, 2.05) is 0 Å². The van der Waals surface area contributed by atoms with Crippen LogP contribution in [0.5, 0.6) is 0 Å². The molecule has 1 N–H and O–H groups in total. The predicted molar refractivity (Wildman–Crippen MR) is 103 cm³/mol. The first-order chi connectivity index (χ1) is 12.5. The number of amides is 1. The van der Waals surface area contributed by atoms with Gasteiger partial charge in [0.25, 0.3) is 0 Å². The van der Waals surface area contributed by atoms with Gasteiger partial charge in [0.05, 0.1) is 21.6 Å². The summed E-state index contributed by atoms with van der Waals surface area (Å²) in [6.45, 7) is 2.44. The number of pyridine rings is 1. The van der Waals surface area contributed by atoms with Crippen LogP contribution >= 0.6 is 23.2 Å². The summed E-state index contributed by atoms with van der Waals surface area (Å²) in [5.74, 6) is 1.09. The molecule has 3 heterocycles. The summed E-state index contributed by atoms with van der Waals surface area (Å²) in [5.41, 5.74) is -0.217. The third-order valence-electron chi connectivity index (χ3n) is 6.46. The zero-order valence-corrected chi connectivity index (χ0v) is 16.3. The highest BCUT2D eigenvalue weighted by Gasteiger charge is 2.50. The second-order valence-corrected chi connectivity index (χ2v) is 8.78. The minimum Gasteiger partial charge on any atom is -0.393 e. The standard InChI is InChI=1S/C19H25Cl2N3O2/c20-13-11-16(21)17(22-12-13)23-8-5-19(6-9-23)7-10-24(18(19)26)14-1-3-15(25)4-2-14/h11-12,14-15,25H,1-10H2. The van der Waals surface area contributed by atoms with E-state index in [0.717, 1.165) is 70.4 Å². The van der Waals surface area contributed by atoms with Crippen molar-refractivity contribution in [2.45, 2.75) is 57.1 Å². The summed E-state index contributed by atoms with van der Waals surface area (Å²) < 4.78 is 0. The molecule has 1 amide bonds. The smallest absolute Gasteiger partial charge is 0.229 e. The van der Waals surface area contributed by atoms with Crippen LogP contribution in [0.3, 0.4) is 0 Å². The van der Waals surface area contributed by atoms with Crippen LogP contribution < -0.4 is 4.90 Å². The zero-order chi connectivity index (χ0) is 18.3. The van der Waals surface area contributed by atoms with Crippen molar-refractivity contribution in [1.82, 2.24) is 9.88 Å². The lowest BCUT2D eigenvalue weighted by atomic mass is 9.77. The van der Waals surface area contributed by atoms with Gasteiger partial charge in [-0.15, -0.1) is 0 Å². The molecule has 1 aliphatic carbocycles. The van der Waals surface area contributed by atoms with Crippen LogP contribution in [0, 0.1) is 5.41 Å². The van der Waals surface area contributed by atoms with E-state index in [1.54, 1.807) is 12.3 Å². The Morgan fingerprint density at radius 3 is 2.38 bits per heavy atom. The van der Waals surface area contributed by atoms with Gasteiger partial charge in [-0.05, 0) is 51.0 Å². The van der Waals surface area contributed by atoms with Crippen LogP contribution in [-0.2, 0) is 4.79 Å². The minimum absolute atomic E-state index is 0.183. The van der Waals surface area contributed by atoms with Crippen molar-refractivity contribution in [2.75, 3.05) is 24.5 Å². The van der Waals surface area contributed by atoms with Gasteiger partial charge in [-0.1, -0.05) is 23.2 Å². The average molecular weight is 398 g/mol. The Balaban J connectivity index is 1.41. The maximum absolute atomic E-state index is 13.2. The molecule has 0 radical (unpaired) electrons. The number of aromatic nitrogens is 1. The van der Waals surface area contributed by atoms with Crippen LogP contribution in [0.4, 0.5) is 5.82 Å². The van der Waals surface area contributed by atoms with Crippen molar-refractivity contribution in [2.24, 2.45) is 5.41 Å². The third-order valence-corrected chi connectivity index (χ3v) is 6.95. The maximum atomic E-state index is 13.2. The van der Waals surface area contributed by atoms with Gasteiger partial charge in [-0.2, -0.15) is 0 Å². The number of anilines is 1. The fourth-order valence-corrected chi connectivity index (χ4v) is 5.32. The van der Waals surface area contributed by atoms with Gasteiger partial charge in [0.1, 0.15) is 5.82 Å². The van der Waals surface area contributed by atoms with Gasteiger partial charge >= 0.3 is 0 Å². The summed E-state index contributed by atoms with van der Waals surface area (Å²) >= 11 is 12.2. The molecule has 3 fully saturated rings. The zero-order valence-electron chi connectivity index (χ0n) is 14.8. The molecular weight excluding hydrogens is 373 g/mol. The Labute approximate surface area is 164 Å². The van der Waals surface area contributed by atoms with Gasteiger partial charge in [0, 0.05) is 31.9 Å². The molecular formula is C19H25Cl2N3O2. The summed E-state index contributed by atoms with van der Waals surface area (Å²) in [7, 11) is 0. The number of hydrogen-bond donors (Lipinski definition) is 1. The van der Waals surface area contributed by atoms with Crippen molar-refractivity contribution in [3.05, 3.63) is 22.3 Å². The van der Waals surface area contributed by atoms with E-state index >= 15 is 0 Å². The first-order valence-corrected chi connectivity index (χ1v) is 10.3. The monoisotopic (exact) mass is 397 g/mol. The SMILES string of the molecule is O=C1N(C2CCC(O)CC2)CCC12CCN(c1ncc(Cl)cc1Cl)CC2. The van der Waals surface area contributed by atoms with Crippen molar-refractivity contribution >= 4 is 34.9 Å². The number of carbonyl (C=O) groups excluding carboxylic acids is 1. The minimum atomic E-state index is -0.217. The van der Waals surface area contributed by atoms with E-state index in [4.69, 9.17) is 23.2 Å². The number of nitrogens with zero attached hydrogens (tertiary/aromatic N) is 3. The van der Waals surface area contributed by atoms with Gasteiger partial charge in [-0.25, -0.2) is 4.98 Å². The van der Waals surface area contributed by atoms with Gasteiger partial charge in [0.2, 0.25) is 5.91 Å². The number of likely N-dealkylation sites (tertiary alicyclic amines) is 1. The Morgan fingerprint density at radius 1 is 1.08 bits per heavy atom. The fourth-order valence-electron chi connectivity index (χ4n) is 4.82. The van der Waals surface area contributed by atoms with Crippen LogP contribution in [0.2, 0.25) is 10.0 Å². The molecule has 2 aliphatic heterocycles. The van der Waals surface area contributed by atoms with Crippen molar-refractivity contribution in [1.29, 1.82) is 0 Å². The van der Waals surface area contributed by atoms with E-state index in [-0.39, 0.29) is 11.5 Å². The molecule has 1 spiro atoms. The highest BCUT2D eigenvalue weighted by molar-refractivity contribution is 6.36. The molecule has 1 aromatic heterocycles. The van der Waals surface area contributed by atoms with Gasteiger partial charge < -0.3 is 14.9 Å². The number of carbonyl (C=O) groups is 1. The molecule has 0 atom stereocenters. The predicted octanol–water partition coefficient (Wildman–Crippen LogP) is 3.51. The molecule has 1 aromatic rings. The number of aliphatic hydroxyl groups excluding tert-OH is 1. The van der Waals surface area contributed by atoms with E-state index in [2.05, 4.69) is 14.8 Å². The second-order valence-electron chi connectivity index (χ2n) is 7.94. The maximum Gasteiger partial charge on any atom is 0.229 e. The molecule has 26 heavy (non-hydrogen) atoms. The number of hydrogen-bond acceptors (Lipinski definition) is 4. The largest absolute Gasteiger partial charge is 0.393 e. The van der Waals surface area contributed by atoms with E-state index in [1.165, 1.54) is 0 Å². The summed E-state index contributed by atoms with van der Waals surface area (Å²) in [6.07, 6.45) is 7.56. The summed E-state index contributed by atoms with van der Waals surface area (Å²) in [6, 6.07) is 2.03. The lowest BCUT2D eigenvalue weighted by molar-refractivity contribution is -0.139. The normalized spacial score (nSPS) is 28.8. The third kappa shape index (κ3) is 3.30. The second kappa shape index (κ2) is 7.17. The molecule has 4 rings (SSSR count). The molecule has 142 valence electrons. The lowest BCUT2D eigenvalue weighted by Crippen LogP contribution is -2.47. The van der Waals surface area contributed by atoms with Crippen LogP contribution in [-0.4, -0.2) is 52.7 Å². The first kappa shape index (κ1) is 18.3. The van der Waals surface area contributed by atoms with Crippen LogP contribution in [0.15, 0.2) is 12.3 Å². The highest BCUT2D eigenvalue weighted by Crippen LogP contribution is 2.44. The molecule has 2 saturated heterocycles. The Bertz CT molecular complexity index is 683. The quantitative estimate of drug-likeness (QED) is 0.829. The van der Waals surface area contributed by atoms with Gasteiger partial charge in [-0.3, -0.25) is 4.79 Å². The number of piperidine rings is 1. The lowest BCUT2D eigenvalue weighted by Gasteiger charge is -2.40. The average Bonchev–Trinajstić information content (AvgIpc) is 2.94. The van der Waals surface area contributed by atoms with Crippen LogP contribution in [0.25, 0.3) is 0 Å². The molecule has 0 bridgehead atoms. The van der Waals surface area contributed by atoms with Gasteiger partial charge in [0.15, 0.2) is 0 Å². The Kier molecular flexibility index (Phi) is 5.06. The molecule has 7 heteroatoms. The Hall–Kier alpha value is -1.04. The van der Waals surface area contributed by atoms with E-state index < -0.39 is 0 Å². The molecule has 0 aromatic carbocycles. The summed E-state index contributed by atoms with van der Waals surface area (Å²) in [5, 5.41) is 10.8. The highest BCUT2D eigenvalue weighted by atomic mass is 35.5. The molecule has 1 saturated carbocycles. The van der Waals surface area contributed by atoms with Crippen molar-refractivity contribution in [3.63, 3.8) is 0 Å². The van der Waals surface area contributed by atoms with Crippen molar-refractivity contribution < 1.29 is 9.90 Å².